The first kappa shape index (κ1) is 9.84. The van der Waals surface area contributed by atoms with Crippen LogP contribution in [0.2, 0.25) is 0 Å². The molecule has 0 aromatic carbocycles. The van der Waals surface area contributed by atoms with Gasteiger partial charge in [0.25, 0.3) is 0 Å². The third-order valence-corrected chi connectivity index (χ3v) is 1.99. The molecule has 0 saturated heterocycles. The molecule has 0 amide bonds. The summed E-state index contributed by atoms with van der Waals surface area (Å²) in [5.41, 5.74) is 0.926. The maximum Gasteiger partial charge on any atom is 0.185 e. The van der Waals surface area contributed by atoms with Gasteiger partial charge in [0.2, 0.25) is 0 Å². The summed E-state index contributed by atoms with van der Waals surface area (Å²) >= 11 is 0. The SMILES string of the molecule is Cc1cn(O)c(C(C)(C)C)cc1=O. The predicted octanol–water partition coefficient (Wildman–Crippen LogP) is 1.69. The number of rotatable bonds is 0. The second-order valence-corrected chi connectivity index (χ2v) is 4.30. The van der Waals surface area contributed by atoms with Crippen LogP contribution in [0.1, 0.15) is 32.0 Å². The Labute approximate surface area is 77.6 Å². The average Bonchev–Trinajstić information content (AvgIpc) is 1.94. The first-order valence-electron chi connectivity index (χ1n) is 4.25. The molecule has 0 bridgehead atoms. The van der Waals surface area contributed by atoms with Crippen molar-refractivity contribution in [2.75, 3.05) is 0 Å². The van der Waals surface area contributed by atoms with Gasteiger partial charge in [0, 0.05) is 17.0 Å². The lowest BCUT2D eigenvalue weighted by Gasteiger charge is -2.20. The molecule has 13 heavy (non-hydrogen) atoms. The molecule has 72 valence electrons. The zero-order chi connectivity index (χ0) is 10.2. The van der Waals surface area contributed by atoms with Crippen LogP contribution in [-0.2, 0) is 5.41 Å². The highest BCUT2D eigenvalue weighted by Gasteiger charge is 2.18. The van der Waals surface area contributed by atoms with Crippen LogP contribution in [0.5, 0.6) is 0 Å². The van der Waals surface area contributed by atoms with E-state index in [2.05, 4.69) is 0 Å². The Hall–Kier alpha value is -1.25. The van der Waals surface area contributed by atoms with E-state index >= 15 is 0 Å². The van der Waals surface area contributed by atoms with Gasteiger partial charge in [0.05, 0.1) is 11.9 Å². The van der Waals surface area contributed by atoms with E-state index in [9.17, 15) is 10.0 Å². The van der Waals surface area contributed by atoms with Crippen molar-refractivity contribution in [2.45, 2.75) is 33.1 Å². The van der Waals surface area contributed by atoms with Gasteiger partial charge in [-0.2, -0.15) is 4.73 Å². The highest BCUT2D eigenvalue weighted by atomic mass is 16.5. The quantitative estimate of drug-likeness (QED) is 0.619. The van der Waals surface area contributed by atoms with Crippen molar-refractivity contribution in [2.24, 2.45) is 0 Å². The van der Waals surface area contributed by atoms with E-state index in [-0.39, 0.29) is 10.8 Å². The Bertz CT molecular complexity index is 371. The van der Waals surface area contributed by atoms with E-state index in [1.807, 2.05) is 20.8 Å². The van der Waals surface area contributed by atoms with E-state index in [0.29, 0.717) is 11.3 Å². The van der Waals surface area contributed by atoms with Crippen molar-refractivity contribution in [1.29, 1.82) is 0 Å². The minimum atomic E-state index is -0.221. The molecule has 1 aromatic rings. The van der Waals surface area contributed by atoms with E-state index in [1.54, 1.807) is 6.92 Å². The minimum Gasteiger partial charge on any atom is -0.429 e. The Kier molecular flexibility index (Phi) is 2.20. The van der Waals surface area contributed by atoms with Gasteiger partial charge in [-0.3, -0.25) is 4.79 Å². The fourth-order valence-corrected chi connectivity index (χ4v) is 1.18. The first-order valence-corrected chi connectivity index (χ1v) is 4.25. The maximum absolute atomic E-state index is 11.3. The van der Waals surface area contributed by atoms with E-state index < -0.39 is 0 Å². The molecule has 0 aliphatic rings. The Morgan fingerprint density at radius 3 is 2.38 bits per heavy atom. The van der Waals surface area contributed by atoms with Crippen molar-refractivity contribution in [3.05, 3.63) is 33.7 Å². The van der Waals surface area contributed by atoms with Gasteiger partial charge >= 0.3 is 0 Å². The van der Waals surface area contributed by atoms with Gasteiger partial charge in [-0.25, -0.2) is 0 Å². The molecule has 1 rings (SSSR count). The van der Waals surface area contributed by atoms with Crippen LogP contribution in [0.25, 0.3) is 0 Å². The number of hydrogen-bond acceptors (Lipinski definition) is 2. The Balaban J connectivity index is 3.41. The normalized spacial score (nSPS) is 11.7. The Morgan fingerprint density at radius 1 is 1.38 bits per heavy atom. The van der Waals surface area contributed by atoms with Gasteiger partial charge in [-0.1, -0.05) is 20.8 Å². The first-order chi connectivity index (χ1) is 5.82. The van der Waals surface area contributed by atoms with Gasteiger partial charge < -0.3 is 5.21 Å². The third kappa shape index (κ3) is 1.91. The molecule has 0 saturated carbocycles. The standard InChI is InChI=1S/C10H15NO2/c1-7-6-11(13)9(5-8(7)12)10(2,3)4/h5-6,13H,1-4H3. The lowest BCUT2D eigenvalue weighted by atomic mass is 9.91. The molecule has 0 atom stereocenters. The lowest BCUT2D eigenvalue weighted by Crippen LogP contribution is -2.23. The smallest absolute Gasteiger partial charge is 0.185 e. The number of aromatic nitrogens is 1. The molecule has 1 N–H and O–H groups in total. The van der Waals surface area contributed by atoms with Crippen molar-refractivity contribution in [3.8, 4) is 0 Å². The van der Waals surface area contributed by atoms with Crippen LogP contribution in [-0.4, -0.2) is 9.94 Å². The molecule has 0 aliphatic heterocycles. The van der Waals surface area contributed by atoms with Crippen LogP contribution in [0, 0.1) is 6.92 Å². The Morgan fingerprint density at radius 2 is 1.92 bits per heavy atom. The van der Waals surface area contributed by atoms with Crippen molar-refractivity contribution >= 4 is 0 Å². The summed E-state index contributed by atoms with van der Waals surface area (Å²) in [4.78, 5) is 11.3. The highest BCUT2D eigenvalue weighted by molar-refractivity contribution is 5.19. The molecule has 1 aromatic heterocycles. The second kappa shape index (κ2) is 2.91. The number of hydrogen-bond donors (Lipinski definition) is 1. The lowest BCUT2D eigenvalue weighted by molar-refractivity contribution is 0.163. The molecule has 0 spiro atoms. The van der Waals surface area contributed by atoms with Gasteiger partial charge in [0.1, 0.15) is 0 Å². The summed E-state index contributed by atoms with van der Waals surface area (Å²) in [6, 6.07) is 1.48. The fourth-order valence-electron chi connectivity index (χ4n) is 1.18. The predicted molar refractivity (Wildman–Crippen MR) is 51.3 cm³/mol. The molecular weight excluding hydrogens is 166 g/mol. The highest BCUT2D eigenvalue weighted by Crippen LogP contribution is 2.19. The maximum atomic E-state index is 11.3. The van der Waals surface area contributed by atoms with Crippen LogP contribution in [0.4, 0.5) is 0 Å². The zero-order valence-corrected chi connectivity index (χ0v) is 8.46. The summed E-state index contributed by atoms with van der Waals surface area (Å²) in [7, 11) is 0. The van der Waals surface area contributed by atoms with Gasteiger partial charge in [-0.05, 0) is 6.92 Å². The molecule has 0 aliphatic carbocycles. The number of nitrogens with zero attached hydrogens (tertiary/aromatic N) is 1. The topological polar surface area (TPSA) is 42.2 Å². The van der Waals surface area contributed by atoms with Crippen molar-refractivity contribution < 1.29 is 5.21 Å². The molecular formula is C10H15NO2. The minimum absolute atomic E-state index is 0.0322. The molecule has 3 nitrogen and oxygen atoms in total. The van der Waals surface area contributed by atoms with E-state index in [0.717, 1.165) is 4.73 Å². The monoisotopic (exact) mass is 181 g/mol. The summed E-state index contributed by atoms with van der Waals surface area (Å²) < 4.78 is 1.02. The van der Waals surface area contributed by atoms with Crippen LogP contribution in [0.15, 0.2) is 17.1 Å². The third-order valence-electron chi connectivity index (χ3n) is 1.99. The summed E-state index contributed by atoms with van der Waals surface area (Å²) in [6.45, 7) is 7.53. The molecule has 0 radical (unpaired) electrons. The fraction of sp³-hybridized carbons (Fsp3) is 0.500. The largest absolute Gasteiger partial charge is 0.429 e. The summed E-state index contributed by atoms with van der Waals surface area (Å²) in [6.07, 6.45) is 1.45. The molecule has 0 unspecified atom stereocenters. The molecule has 1 heterocycles. The number of pyridine rings is 1. The van der Waals surface area contributed by atoms with Crippen LogP contribution >= 0.6 is 0 Å². The van der Waals surface area contributed by atoms with Gasteiger partial charge in [-0.15, -0.1) is 0 Å². The summed E-state index contributed by atoms with van der Waals surface area (Å²) in [5, 5.41) is 9.53. The van der Waals surface area contributed by atoms with Crippen molar-refractivity contribution in [1.82, 2.24) is 4.73 Å². The van der Waals surface area contributed by atoms with Crippen molar-refractivity contribution in [3.63, 3.8) is 0 Å². The van der Waals surface area contributed by atoms with Crippen LogP contribution in [0.3, 0.4) is 0 Å². The summed E-state index contributed by atoms with van der Waals surface area (Å²) in [5.74, 6) is 0. The van der Waals surface area contributed by atoms with Gasteiger partial charge in [0.15, 0.2) is 5.43 Å². The zero-order valence-electron chi connectivity index (χ0n) is 8.46. The molecule has 0 fully saturated rings. The van der Waals surface area contributed by atoms with E-state index in [4.69, 9.17) is 0 Å². The second-order valence-electron chi connectivity index (χ2n) is 4.30. The van der Waals surface area contributed by atoms with Crippen LogP contribution < -0.4 is 5.43 Å². The average molecular weight is 181 g/mol. The number of aryl methyl sites for hydroxylation is 1. The van der Waals surface area contributed by atoms with E-state index in [1.165, 1.54) is 12.3 Å². The molecule has 3 heteroatoms.